The van der Waals surface area contributed by atoms with Crippen molar-refractivity contribution >= 4 is 6.09 Å². The van der Waals surface area contributed by atoms with Gasteiger partial charge in [-0.15, -0.1) is 0 Å². The Morgan fingerprint density at radius 2 is 2.06 bits per heavy atom. The van der Waals surface area contributed by atoms with E-state index in [1.165, 1.54) is 0 Å². The van der Waals surface area contributed by atoms with E-state index in [9.17, 15) is 9.90 Å². The van der Waals surface area contributed by atoms with Crippen LogP contribution in [0.15, 0.2) is 24.3 Å². The molecule has 0 bridgehead atoms. The summed E-state index contributed by atoms with van der Waals surface area (Å²) in [6.07, 6.45) is -0.510. The van der Waals surface area contributed by atoms with Crippen molar-refractivity contribution in [3.8, 4) is 0 Å². The van der Waals surface area contributed by atoms with Gasteiger partial charge in [-0.25, -0.2) is 4.79 Å². The molecule has 98 valence electrons. The maximum absolute atomic E-state index is 11.7. The number of hydrogen-bond acceptors (Lipinski definition) is 3. The van der Waals surface area contributed by atoms with Crippen molar-refractivity contribution in [1.29, 1.82) is 0 Å². The molecular formula is C14H19NO3. The summed E-state index contributed by atoms with van der Waals surface area (Å²) in [6, 6.07) is 7.36. The Morgan fingerprint density at radius 1 is 1.39 bits per heavy atom. The molecule has 1 aliphatic carbocycles. The van der Waals surface area contributed by atoms with Gasteiger partial charge in [0.25, 0.3) is 0 Å². The van der Waals surface area contributed by atoms with E-state index in [1.807, 2.05) is 45.0 Å². The molecule has 2 atom stereocenters. The fourth-order valence-corrected chi connectivity index (χ4v) is 2.16. The van der Waals surface area contributed by atoms with Crippen LogP contribution in [0.2, 0.25) is 0 Å². The van der Waals surface area contributed by atoms with E-state index >= 15 is 0 Å². The minimum absolute atomic E-state index is 0.308. The molecule has 1 amide bonds. The molecule has 0 saturated heterocycles. The minimum Gasteiger partial charge on any atom is -0.444 e. The van der Waals surface area contributed by atoms with Gasteiger partial charge >= 0.3 is 6.09 Å². The lowest BCUT2D eigenvalue weighted by Gasteiger charge is -2.23. The molecule has 4 heteroatoms. The zero-order chi connectivity index (χ0) is 13.3. The number of ether oxygens (including phenoxy) is 1. The number of carbonyl (C=O) groups is 1. The second kappa shape index (κ2) is 4.61. The third-order valence-corrected chi connectivity index (χ3v) is 2.90. The fraction of sp³-hybridized carbons (Fsp3) is 0.500. The van der Waals surface area contributed by atoms with Crippen molar-refractivity contribution in [2.75, 3.05) is 0 Å². The molecule has 0 heterocycles. The largest absolute Gasteiger partial charge is 0.444 e. The zero-order valence-corrected chi connectivity index (χ0v) is 10.9. The molecule has 1 aromatic rings. The molecule has 0 spiro atoms. The van der Waals surface area contributed by atoms with Crippen molar-refractivity contribution in [2.24, 2.45) is 0 Å². The van der Waals surface area contributed by atoms with E-state index in [-0.39, 0.29) is 6.04 Å². The van der Waals surface area contributed by atoms with E-state index in [1.54, 1.807) is 0 Å². The Labute approximate surface area is 107 Å². The lowest BCUT2D eigenvalue weighted by atomic mass is 10.1. The van der Waals surface area contributed by atoms with E-state index in [2.05, 4.69) is 5.32 Å². The maximum atomic E-state index is 11.7. The van der Waals surface area contributed by atoms with E-state index < -0.39 is 17.8 Å². The number of benzene rings is 1. The first kappa shape index (κ1) is 12.9. The van der Waals surface area contributed by atoms with Crippen LogP contribution in [0.25, 0.3) is 0 Å². The number of nitrogens with one attached hydrogen (secondary N) is 1. The molecule has 4 nitrogen and oxygen atoms in total. The predicted molar refractivity (Wildman–Crippen MR) is 68.3 cm³/mol. The van der Waals surface area contributed by atoms with Crippen LogP contribution in [0, 0.1) is 0 Å². The summed E-state index contributed by atoms with van der Waals surface area (Å²) < 4.78 is 5.19. The average Bonchev–Trinajstić information content (AvgIpc) is 2.54. The normalized spacial score (nSPS) is 22.4. The van der Waals surface area contributed by atoms with Gasteiger partial charge in [-0.2, -0.15) is 0 Å². The standard InChI is InChI=1S/C14H19NO3/c1-14(2,3)18-13(17)15-11-8-9-6-4-5-7-10(9)12(11)16/h4-7,11-12,16H,8H2,1-3H3,(H,15,17). The SMILES string of the molecule is CC(C)(C)OC(=O)NC1Cc2ccccc2C1O. The first-order valence-corrected chi connectivity index (χ1v) is 6.12. The highest BCUT2D eigenvalue weighted by molar-refractivity contribution is 5.68. The number of aliphatic hydroxyl groups is 1. The van der Waals surface area contributed by atoms with Gasteiger partial charge in [0, 0.05) is 0 Å². The topological polar surface area (TPSA) is 58.6 Å². The Hall–Kier alpha value is -1.55. The number of amides is 1. The number of aliphatic hydroxyl groups excluding tert-OH is 1. The summed E-state index contributed by atoms with van der Waals surface area (Å²) in [7, 11) is 0. The molecule has 1 aliphatic rings. The van der Waals surface area contributed by atoms with Crippen LogP contribution in [-0.2, 0) is 11.2 Å². The molecule has 0 fully saturated rings. The average molecular weight is 249 g/mol. The van der Waals surface area contributed by atoms with Crippen LogP contribution in [0.3, 0.4) is 0 Å². The lowest BCUT2D eigenvalue weighted by Crippen LogP contribution is -2.41. The molecule has 2 N–H and O–H groups in total. The van der Waals surface area contributed by atoms with Crippen LogP contribution in [-0.4, -0.2) is 22.8 Å². The smallest absolute Gasteiger partial charge is 0.407 e. The van der Waals surface area contributed by atoms with Crippen LogP contribution in [0.5, 0.6) is 0 Å². The molecule has 1 aromatic carbocycles. The number of rotatable bonds is 1. The van der Waals surface area contributed by atoms with Crippen molar-refractivity contribution in [2.45, 2.75) is 44.9 Å². The van der Waals surface area contributed by atoms with Crippen molar-refractivity contribution in [3.05, 3.63) is 35.4 Å². The highest BCUT2D eigenvalue weighted by atomic mass is 16.6. The highest BCUT2D eigenvalue weighted by Gasteiger charge is 2.32. The number of hydrogen-bond donors (Lipinski definition) is 2. The van der Waals surface area contributed by atoms with Gasteiger partial charge in [-0.05, 0) is 38.3 Å². The Morgan fingerprint density at radius 3 is 2.67 bits per heavy atom. The fourth-order valence-electron chi connectivity index (χ4n) is 2.16. The third kappa shape index (κ3) is 2.82. The summed E-state index contributed by atoms with van der Waals surface area (Å²) in [5, 5.41) is 12.8. The molecular weight excluding hydrogens is 230 g/mol. The van der Waals surface area contributed by atoms with Gasteiger partial charge in [0.15, 0.2) is 0 Å². The Balaban J connectivity index is 2.00. The number of fused-ring (bicyclic) bond motifs is 1. The summed E-state index contributed by atoms with van der Waals surface area (Å²) in [6.45, 7) is 5.44. The molecule has 2 rings (SSSR count). The van der Waals surface area contributed by atoms with Crippen molar-refractivity contribution in [1.82, 2.24) is 5.32 Å². The highest BCUT2D eigenvalue weighted by Crippen LogP contribution is 2.31. The molecule has 0 aliphatic heterocycles. The van der Waals surface area contributed by atoms with E-state index in [0.717, 1.165) is 11.1 Å². The van der Waals surface area contributed by atoms with Gasteiger partial charge in [0.2, 0.25) is 0 Å². The predicted octanol–water partition coefficient (Wildman–Crippen LogP) is 2.17. The summed E-state index contributed by atoms with van der Waals surface area (Å²) in [5.41, 5.74) is 1.44. The summed E-state index contributed by atoms with van der Waals surface area (Å²) >= 11 is 0. The van der Waals surface area contributed by atoms with Gasteiger partial charge in [-0.3, -0.25) is 0 Å². The second-order valence-corrected chi connectivity index (χ2v) is 5.60. The summed E-state index contributed by atoms with van der Waals surface area (Å²) in [5.74, 6) is 0. The molecule has 0 aromatic heterocycles. The quantitative estimate of drug-likeness (QED) is 0.802. The lowest BCUT2D eigenvalue weighted by molar-refractivity contribution is 0.0438. The van der Waals surface area contributed by atoms with E-state index in [4.69, 9.17) is 4.74 Å². The van der Waals surface area contributed by atoms with Crippen molar-refractivity contribution in [3.63, 3.8) is 0 Å². The van der Waals surface area contributed by atoms with Gasteiger partial charge in [0.1, 0.15) is 5.60 Å². The first-order valence-electron chi connectivity index (χ1n) is 6.12. The van der Waals surface area contributed by atoms with E-state index in [0.29, 0.717) is 6.42 Å². The second-order valence-electron chi connectivity index (χ2n) is 5.60. The number of alkyl carbamates (subject to hydrolysis) is 1. The van der Waals surface area contributed by atoms with Crippen LogP contribution in [0.4, 0.5) is 4.79 Å². The van der Waals surface area contributed by atoms with Crippen LogP contribution >= 0.6 is 0 Å². The van der Waals surface area contributed by atoms with Gasteiger partial charge in [-0.1, -0.05) is 24.3 Å². The van der Waals surface area contributed by atoms with Gasteiger partial charge < -0.3 is 15.2 Å². The Kier molecular flexibility index (Phi) is 3.30. The molecule has 18 heavy (non-hydrogen) atoms. The minimum atomic E-state index is -0.659. The third-order valence-electron chi connectivity index (χ3n) is 2.90. The summed E-state index contributed by atoms with van der Waals surface area (Å²) in [4.78, 5) is 11.7. The van der Waals surface area contributed by atoms with Crippen molar-refractivity contribution < 1.29 is 14.6 Å². The molecule has 2 unspecified atom stereocenters. The number of carbonyl (C=O) groups excluding carboxylic acids is 1. The maximum Gasteiger partial charge on any atom is 0.407 e. The zero-order valence-electron chi connectivity index (χ0n) is 10.9. The van der Waals surface area contributed by atoms with Crippen LogP contribution in [0.1, 0.15) is 38.0 Å². The van der Waals surface area contributed by atoms with Gasteiger partial charge in [0.05, 0.1) is 12.1 Å². The monoisotopic (exact) mass is 249 g/mol. The first-order chi connectivity index (χ1) is 8.37. The van der Waals surface area contributed by atoms with Crippen LogP contribution < -0.4 is 5.32 Å². The Bertz CT molecular complexity index is 451. The molecule has 0 radical (unpaired) electrons. The molecule has 0 saturated carbocycles.